The lowest BCUT2D eigenvalue weighted by Crippen LogP contribution is -2.36. The van der Waals surface area contributed by atoms with Gasteiger partial charge in [0.05, 0.1) is 17.9 Å². The number of amides is 1. The van der Waals surface area contributed by atoms with Crippen LogP contribution in [0, 0.1) is 17.3 Å². The highest BCUT2D eigenvalue weighted by atomic mass is 35.5. The van der Waals surface area contributed by atoms with E-state index < -0.39 is 23.2 Å². The fraction of sp³-hybridized carbons (Fsp3) is 0.529. The number of aliphatic carboxylic acids is 1. The largest absolute Gasteiger partial charge is 0.481 e. The normalized spacial score (nSPS) is 23.4. The van der Waals surface area contributed by atoms with E-state index in [1.807, 2.05) is 51.0 Å². The highest BCUT2D eigenvalue weighted by molar-refractivity contribution is 6.30. The predicted octanol–water partition coefficient (Wildman–Crippen LogP) is 2.42. The summed E-state index contributed by atoms with van der Waals surface area (Å²) in [5, 5.41) is 12.7. The summed E-state index contributed by atoms with van der Waals surface area (Å²) in [6.45, 7) is 4.04. The molecule has 2 N–H and O–H groups in total. The van der Waals surface area contributed by atoms with Gasteiger partial charge in [0.1, 0.15) is 0 Å². The van der Waals surface area contributed by atoms with E-state index in [0.29, 0.717) is 11.6 Å². The van der Waals surface area contributed by atoms with Gasteiger partial charge >= 0.3 is 5.97 Å². The zero-order valence-electron chi connectivity index (χ0n) is 13.8. The minimum atomic E-state index is -0.908. The van der Waals surface area contributed by atoms with Gasteiger partial charge in [-0.3, -0.25) is 9.59 Å². The summed E-state index contributed by atoms with van der Waals surface area (Å²) in [7, 11) is 3.86. The number of hydrogen-bond donors (Lipinski definition) is 2. The van der Waals surface area contributed by atoms with Crippen molar-refractivity contribution in [3.05, 3.63) is 34.9 Å². The number of hydrogen-bond acceptors (Lipinski definition) is 3. The second-order valence-corrected chi connectivity index (χ2v) is 7.33. The fourth-order valence-electron chi connectivity index (χ4n) is 3.21. The van der Waals surface area contributed by atoms with Crippen molar-refractivity contribution in [2.24, 2.45) is 17.3 Å². The number of carboxylic acids is 1. The Morgan fingerprint density at radius 2 is 2.00 bits per heavy atom. The van der Waals surface area contributed by atoms with Gasteiger partial charge in [-0.25, -0.2) is 0 Å². The summed E-state index contributed by atoms with van der Waals surface area (Å²) in [6, 6.07) is 7.49. The third-order valence-electron chi connectivity index (χ3n) is 4.70. The zero-order valence-corrected chi connectivity index (χ0v) is 14.6. The molecule has 0 aromatic heterocycles. The zero-order chi connectivity index (χ0) is 17.4. The van der Waals surface area contributed by atoms with Crippen LogP contribution in [0.15, 0.2) is 24.3 Å². The summed E-state index contributed by atoms with van der Waals surface area (Å²) in [4.78, 5) is 25.5. The summed E-state index contributed by atoms with van der Waals surface area (Å²) in [5.74, 6) is -2.18. The van der Waals surface area contributed by atoms with Gasteiger partial charge < -0.3 is 15.3 Å². The molecule has 23 heavy (non-hydrogen) atoms. The first-order valence-corrected chi connectivity index (χ1v) is 7.96. The minimum absolute atomic E-state index is 0.0252. The molecule has 6 heteroatoms. The molecule has 1 saturated carbocycles. The van der Waals surface area contributed by atoms with Gasteiger partial charge in [-0.1, -0.05) is 37.6 Å². The lowest BCUT2D eigenvalue weighted by molar-refractivity contribution is -0.140. The molecule has 0 unspecified atom stereocenters. The molecule has 2 rings (SSSR count). The first-order valence-electron chi connectivity index (χ1n) is 7.58. The highest BCUT2D eigenvalue weighted by Crippen LogP contribution is 2.58. The molecule has 126 valence electrons. The van der Waals surface area contributed by atoms with Crippen LogP contribution in [0.3, 0.4) is 0 Å². The third-order valence-corrected chi connectivity index (χ3v) is 4.94. The summed E-state index contributed by atoms with van der Waals surface area (Å²) >= 11 is 6.04. The van der Waals surface area contributed by atoms with E-state index in [9.17, 15) is 14.7 Å². The summed E-state index contributed by atoms with van der Waals surface area (Å²) in [6.07, 6.45) is 0. The molecular formula is C17H23ClN2O3. The maximum absolute atomic E-state index is 12.3. The molecule has 1 aliphatic carbocycles. The molecule has 0 spiro atoms. The van der Waals surface area contributed by atoms with Crippen molar-refractivity contribution in [2.45, 2.75) is 19.9 Å². The van der Waals surface area contributed by atoms with Crippen LogP contribution < -0.4 is 5.32 Å². The average Bonchev–Trinajstić information content (AvgIpc) is 3.01. The molecule has 0 bridgehead atoms. The molecule has 1 amide bonds. The highest BCUT2D eigenvalue weighted by Gasteiger charge is 2.65. The van der Waals surface area contributed by atoms with Crippen molar-refractivity contribution in [1.29, 1.82) is 0 Å². The molecule has 1 fully saturated rings. The van der Waals surface area contributed by atoms with Crippen LogP contribution in [0.25, 0.3) is 0 Å². The van der Waals surface area contributed by atoms with Gasteiger partial charge in [-0.05, 0) is 37.2 Å². The van der Waals surface area contributed by atoms with E-state index in [1.165, 1.54) is 0 Å². The Hall–Kier alpha value is -1.59. The summed E-state index contributed by atoms with van der Waals surface area (Å²) in [5.41, 5.74) is 0.521. The fourth-order valence-corrected chi connectivity index (χ4v) is 3.41. The second kappa shape index (κ2) is 6.49. The van der Waals surface area contributed by atoms with Crippen molar-refractivity contribution < 1.29 is 14.7 Å². The predicted molar refractivity (Wildman–Crippen MR) is 89.3 cm³/mol. The van der Waals surface area contributed by atoms with E-state index in [1.54, 1.807) is 6.07 Å². The molecule has 0 aliphatic heterocycles. The molecular weight excluding hydrogens is 316 g/mol. The number of nitrogens with zero attached hydrogens (tertiary/aromatic N) is 1. The number of carbonyl (C=O) groups is 2. The average molecular weight is 339 g/mol. The Bertz CT molecular complexity index is 616. The molecule has 0 saturated heterocycles. The van der Waals surface area contributed by atoms with E-state index in [2.05, 4.69) is 5.32 Å². The number of halogens is 1. The van der Waals surface area contributed by atoms with Gasteiger partial charge in [0.25, 0.3) is 0 Å². The maximum atomic E-state index is 12.3. The van der Waals surface area contributed by atoms with Crippen LogP contribution in [0.5, 0.6) is 0 Å². The van der Waals surface area contributed by atoms with Crippen molar-refractivity contribution in [3.8, 4) is 0 Å². The Morgan fingerprint density at radius 1 is 1.35 bits per heavy atom. The van der Waals surface area contributed by atoms with E-state index in [-0.39, 0.29) is 11.9 Å². The number of nitrogens with one attached hydrogen (secondary N) is 1. The van der Waals surface area contributed by atoms with E-state index in [4.69, 9.17) is 11.6 Å². The molecule has 3 atom stereocenters. The standard InChI is InChI=1S/C17H23ClN2O3/c1-17(2)13(14(17)16(22)23)15(21)19-9-12(20(3)4)10-6-5-7-11(18)8-10/h5-8,12-14H,9H2,1-4H3,(H,19,21)(H,22,23)/t12-,13-,14+/m0/s1. The van der Waals surface area contributed by atoms with Gasteiger partial charge in [0, 0.05) is 11.6 Å². The molecule has 1 aliphatic rings. The third kappa shape index (κ3) is 3.67. The number of carboxylic acid groups (broad SMARTS) is 1. The molecule has 1 aromatic carbocycles. The Labute approximate surface area is 141 Å². The quantitative estimate of drug-likeness (QED) is 0.835. The van der Waals surface area contributed by atoms with Gasteiger partial charge in [-0.15, -0.1) is 0 Å². The van der Waals surface area contributed by atoms with Crippen molar-refractivity contribution in [1.82, 2.24) is 10.2 Å². The van der Waals surface area contributed by atoms with E-state index >= 15 is 0 Å². The van der Waals surface area contributed by atoms with E-state index in [0.717, 1.165) is 5.56 Å². The number of likely N-dealkylation sites (N-methyl/N-ethyl adjacent to an activating group) is 1. The second-order valence-electron chi connectivity index (χ2n) is 6.89. The molecule has 1 aromatic rings. The van der Waals surface area contributed by atoms with Crippen molar-refractivity contribution >= 4 is 23.5 Å². The number of carbonyl (C=O) groups excluding carboxylic acids is 1. The monoisotopic (exact) mass is 338 g/mol. The Kier molecular flexibility index (Phi) is 5.01. The van der Waals surface area contributed by atoms with Crippen LogP contribution >= 0.6 is 11.6 Å². The lowest BCUT2D eigenvalue weighted by Gasteiger charge is -2.25. The smallest absolute Gasteiger partial charge is 0.307 e. The van der Waals surface area contributed by atoms with Crippen LogP contribution in [-0.4, -0.2) is 42.5 Å². The van der Waals surface area contributed by atoms with Gasteiger partial charge in [0.15, 0.2) is 0 Å². The van der Waals surface area contributed by atoms with Gasteiger partial charge in [0.2, 0.25) is 5.91 Å². The topological polar surface area (TPSA) is 69.6 Å². The maximum Gasteiger partial charge on any atom is 0.307 e. The van der Waals surface area contributed by atoms with Gasteiger partial charge in [-0.2, -0.15) is 0 Å². The lowest BCUT2D eigenvalue weighted by atomic mass is 10.1. The number of rotatable bonds is 6. The molecule has 0 heterocycles. The summed E-state index contributed by atoms with van der Waals surface area (Å²) < 4.78 is 0. The Morgan fingerprint density at radius 3 is 2.48 bits per heavy atom. The minimum Gasteiger partial charge on any atom is -0.481 e. The van der Waals surface area contributed by atoms with Crippen LogP contribution in [0.2, 0.25) is 5.02 Å². The first-order chi connectivity index (χ1) is 10.7. The van der Waals surface area contributed by atoms with Crippen LogP contribution in [0.1, 0.15) is 25.5 Å². The SMILES string of the molecule is CN(C)[C@@H](CNC(=O)[C@@H]1[C@H](C(=O)O)C1(C)C)c1cccc(Cl)c1. The number of benzene rings is 1. The van der Waals surface area contributed by atoms with Crippen LogP contribution in [0.4, 0.5) is 0 Å². The molecule has 5 nitrogen and oxygen atoms in total. The Balaban J connectivity index is 2.03. The van der Waals surface area contributed by atoms with Crippen LogP contribution in [-0.2, 0) is 9.59 Å². The van der Waals surface area contributed by atoms with Crippen molar-refractivity contribution in [3.63, 3.8) is 0 Å². The molecule has 0 radical (unpaired) electrons. The van der Waals surface area contributed by atoms with Crippen molar-refractivity contribution in [2.75, 3.05) is 20.6 Å². The first kappa shape index (κ1) is 17.8.